The number of hydrogen-bond acceptors (Lipinski definition) is 2. The van der Waals surface area contributed by atoms with E-state index in [1.54, 1.807) is 22.6 Å². The summed E-state index contributed by atoms with van der Waals surface area (Å²) in [6.45, 7) is 0. The molecule has 1 aromatic rings. The van der Waals surface area contributed by atoms with Crippen LogP contribution < -0.4 is 0 Å². The first-order valence-corrected chi connectivity index (χ1v) is 5.31. The second kappa shape index (κ2) is 4.58. The molecule has 0 radical (unpaired) electrons. The summed E-state index contributed by atoms with van der Waals surface area (Å²) in [6, 6.07) is 1.34. The lowest BCUT2D eigenvalue weighted by molar-refractivity contribution is 0.110. The van der Waals surface area contributed by atoms with E-state index in [4.69, 9.17) is 0 Å². The zero-order chi connectivity index (χ0) is 10.0. The lowest BCUT2D eigenvalue weighted by Gasteiger charge is -2.05. The molecule has 0 aliphatic carbocycles. The van der Waals surface area contributed by atoms with E-state index in [-0.39, 0.29) is 14.8 Å². The molecule has 1 aromatic heterocycles. The minimum atomic E-state index is -2.66. The van der Waals surface area contributed by atoms with Crippen LogP contribution in [0.15, 0.2) is 6.07 Å². The molecule has 0 unspecified atom stereocenters. The molecule has 0 aliphatic rings. The predicted octanol–water partition coefficient (Wildman–Crippen LogP) is 3.04. The number of pyridine rings is 1. The Morgan fingerprint density at radius 1 is 1.46 bits per heavy atom. The van der Waals surface area contributed by atoms with Gasteiger partial charge >= 0.3 is 0 Å². The molecule has 0 atom stereocenters. The molecule has 0 aliphatic heterocycles. The van der Waals surface area contributed by atoms with E-state index in [2.05, 4.69) is 4.98 Å². The van der Waals surface area contributed by atoms with Gasteiger partial charge in [0.2, 0.25) is 0 Å². The number of halogens is 4. The van der Waals surface area contributed by atoms with Crippen molar-refractivity contribution >= 4 is 51.5 Å². The van der Waals surface area contributed by atoms with Crippen LogP contribution in [-0.4, -0.2) is 11.3 Å². The fourth-order valence-electron chi connectivity index (χ4n) is 0.825. The van der Waals surface area contributed by atoms with E-state index in [1.165, 1.54) is 6.07 Å². The van der Waals surface area contributed by atoms with Crippen molar-refractivity contribution in [3.8, 4) is 0 Å². The zero-order valence-corrected chi connectivity index (χ0v) is 10.4. The maximum absolute atomic E-state index is 12.4. The molecular formula is C7H3F2I2NO. The van der Waals surface area contributed by atoms with Crippen LogP contribution in [-0.2, 0) is 0 Å². The van der Waals surface area contributed by atoms with Crippen LogP contribution >= 0.6 is 45.2 Å². The third kappa shape index (κ3) is 2.55. The van der Waals surface area contributed by atoms with Crippen molar-refractivity contribution in [1.82, 2.24) is 4.98 Å². The van der Waals surface area contributed by atoms with Gasteiger partial charge < -0.3 is 0 Å². The average molecular weight is 409 g/mol. The summed E-state index contributed by atoms with van der Waals surface area (Å²) in [5.41, 5.74) is -0.269. The van der Waals surface area contributed by atoms with Crippen LogP contribution in [0, 0.1) is 7.40 Å². The van der Waals surface area contributed by atoms with Gasteiger partial charge in [-0.15, -0.1) is 0 Å². The Labute approximate surface area is 100 Å². The van der Waals surface area contributed by atoms with Crippen molar-refractivity contribution in [2.45, 2.75) is 6.43 Å². The molecule has 0 saturated heterocycles. The maximum atomic E-state index is 12.4. The molecule has 1 heterocycles. The Hall–Kier alpha value is 0.140. The highest BCUT2D eigenvalue weighted by atomic mass is 127. The van der Waals surface area contributed by atoms with Crippen LogP contribution in [0.1, 0.15) is 22.3 Å². The van der Waals surface area contributed by atoms with Crippen LogP contribution in [0.25, 0.3) is 0 Å². The summed E-state index contributed by atoms with van der Waals surface area (Å²) in [5.74, 6) is 0. The number of carbonyl (C=O) groups is 1. The van der Waals surface area contributed by atoms with Crippen molar-refractivity contribution in [3.05, 3.63) is 24.6 Å². The molecule has 0 aromatic carbocycles. The first-order chi connectivity index (χ1) is 6.06. The van der Waals surface area contributed by atoms with Gasteiger partial charge in [-0.2, -0.15) is 0 Å². The quantitative estimate of drug-likeness (QED) is 0.427. The molecule has 0 bridgehead atoms. The third-order valence-electron chi connectivity index (χ3n) is 1.36. The van der Waals surface area contributed by atoms with E-state index in [0.29, 0.717) is 9.99 Å². The lowest BCUT2D eigenvalue weighted by Crippen LogP contribution is -2.01. The minimum Gasteiger partial charge on any atom is -0.298 e. The summed E-state index contributed by atoms with van der Waals surface area (Å²) < 4.78 is 25.5. The summed E-state index contributed by atoms with van der Waals surface area (Å²) >= 11 is 3.57. The number of alkyl halides is 2. The Morgan fingerprint density at radius 2 is 2.08 bits per heavy atom. The van der Waals surface area contributed by atoms with Gasteiger partial charge in [-0.25, -0.2) is 13.8 Å². The van der Waals surface area contributed by atoms with Gasteiger partial charge in [0.25, 0.3) is 6.43 Å². The van der Waals surface area contributed by atoms with Gasteiger partial charge in [-0.1, -0.05) is 0 Å². The van der Waals surface area contributed by atoms with E-state index >= 15 is 0 Å². The highest BCUT2D eigenvalue weighted by Crippen LogP contribution is 2.26. The van der Waals surface area contributed by atoms with E-state index in [0.717, 1.165) is 0 Å². The average Bonchev–Trinajstić information content (AvgIpc) is 2.01. The zero-order valence-electron chi connectivity index (χ0n) is 6.10. The van der Waals surface area contributed by atoms with Gasteiger partial charge in [0, 0.05) is 5.56 Å². The van der Waals surface area contributed by atoms with E-state index in [9.17, 15) is 13.6 Å². The second-order valence-electron chi connectivity index (χ2n) is 2.16. The molecule has 0 amide bonds. The summed E-state index contributed by atoms with van der Waals surface area (Å²) in [6.07, 6.45) is -2.23. The number of rotatable bonds is 2. The molecule has 13 heavy (non-hydrogen) atoms. The van der Waals surface area contributed by atoms with Gasteiger partial charge in [0.1, 0.15) is 7.40 Å². The third-order valence-corrected chi connectivity index (χ3v) is 2.73. The highest BCUT2D eigenvalue weighted by Gasteiger charge is 2.18. The standard InChI is InChI=1S/C7H3F2I2NO/c8-6(9)5-3(2-13)1-4(10)12-7(5)11/h1-2,6H. The lowest BCUT2D eigenvalue weighted by atomic mass is 10.2. The molecule has 0 saturated carbocycles. The smallest absolute Gasteiger partial charge is 0.267 e. The number of aromatic nitrogens is 1. The second-order valence-corrected chi connectivity index (χ2v) is 4.28. The normalized spacial score (nSPS) is 10.5. The molecule has 70 valence electrons. The SMILES string of the molecule is O=Cc1cc(I)nc(I)c1C(F)F. The largest absolute Gasteiger partial charge is 0.298 e. The first kappa shape index (κ1) is 11.2. The van der Waals surface area contributed by atoms with E-state index in [1.807, 2.05) is 22.6 Å². The van der Waals surface area contributed by atoms with Crippen molar-refractivity contribution in [3.63, 3.8) is 0 Å². The summed E-state index contributed by atoms with van der Waals surface area (Å²) in [5, 5.41) is 0. The van der Waals surface area contributed by atoms with Gasteiger partial charge in [-0.05, 0) is 51.2 Å². The molecule has 0 N–H and O–H groups in total. The van der Waals surface area contributed by atoms with Crippen LogP contribution in [0.3, 0.4) is 0 Å². The van der Waals surface area contributed by atoms with Crippen molar-refractivity contribution in [1.29, 1.82) is 0 Å². The minimum absolute atomic E-state index is 0.0128. The van der Waals surface area contributed by atoms with Crippen LogP contribution in [0.4, 0.5) is 8.78 Å². The Kier molecular flexibility index (Phi) is 3.95. The maximum Gasteiger partial charge on any atom is 0.267 e. The number of aldehydes is 1. The fraction of sp³-hybridized carbons (Fsp3) is 0.143. The first-order valence-electron chi connectivity index (χ1n) is 3.15. The Bertz CT molecular complexity index is 344. The highest BCUT2D eigenvalue weighted by molar-refractivity contribution is 14.1. The summed E-state index contributed by atoms with van der Waals surface area (Å²) in [7, 11) is 0. The van der Waals surface area contributed by atoms with Crippen molar-refractivity contribution in [2.75, 3.05) is 0 Å². The van der Waals surface area contributed by atoms with Crippen LogP contribution in [0.5, 0.6) is 0 Å². The Morgan fingerprint density at radius 3 is 2.54 bits per heavy atom. The predicted molar refractivity (Wildman–Crippen MR) is 60.0 cm³/mol. The van der Waals surface area contributed by atoms with E-state index < -0.39 is 6.43 Å². The van der Waals surface area contributed by atoms with Crippen LogP contribution in [0.2, 0.25) is 0 Å². The monoisotopic (exact) mass is 409 g/mol. The molecule has 2 nitrogen and oxygen atoms in total. The van der Waals surface area contributed by atoms with Crippen molar-refractivity contribution < 1.29 is 13.6 Å². The Balaban J connectivity index is 3.38. The fourth-order valence-corrected chi connectivity index (χ4v) is 2.67. The number of carbonyl (C=O) groups excluding carboxylic acids is 1. The summed E-state index contributed by atoms with van der Waals surface area (Å²) in [4.78, 5) is 14.3. The van der Waals surface area contributed by atoms with Gasteiger partial charge in [0.05, 0.1) is 5.56 Å². The molecule has 6 heteroatoms. The number of nitrogens with zero attached hydrogens (tertiary/aromatic N) is 1. The molecule has 0 spiro atoms. The van der Waals surface area contributed by atoms with Crippen molar-refractivity contribution in [2.24, 2.45) is 0 Å². The van der Waals surface area contributed by atoms with Gasteiger partial charge in [0.15, 0.2) is 6.29 Å². The van der Waals surface area contributed by atoms with Gasteiger partial charge in [-0.3, -0.25) is 4.79 Å². The molecule has 0 fully saturated rings. The molecule has 1 rings (SSSR count). The number of hydrogen-bond donors (Lipinski definition) is 0. The topological polar surface area (TPSA) is 30.0 Å². The molecular weight excluding hydrogens is 406 g/mol.